The van der Waals surface area contributed by atoms with E-state index in [0.717, 1.165) is 24.2 Å². The Bertz CT molecular complexity index is 1170. The van der Waals surface area contributed by atoms with Gasteiger partial charge in [-0.05, 0) is 42.8 Å². The third kappa shape index (κ3) is 4.25. The van der Waals surface area contributed by atoms with Crippen LogP contribution in [0.15, 0.2) is 65.7 Å². The van der Waals surface area contributed by atoms with Crippen LogP contribution in [-0.2, 0) is 9.84 Å². The smallest absolute Gasteiger partial charge is 0.328 e. The quantitative estimate of drug-likeness (QED) is 0.669. The summed E-state index contributed by atoms with van der Waals surface area (Å²) in [5.41, 5.74) is 2.17. The van der Waals surface area contributed by atoms with E-state index >= 15 is 0 Å². The van der Waals surface area contributed by atoms with E-state index in [9.17, 15) is 13.2 Å². The number of urea groups is 1. The molecule has 0 saturated heterocycles. The molecule has 0 saturated carbocycles. The van der Waals surface area contributed by atoms with Crippen LogP contribution in [0.1, 0.15) is 6.42 Å². The van der Waals surface area contributed by atoms with Gasteiger partial charge in [-0.15, -0.1) is 0 Å². The highest BCUT2D eigenvalue weighted by Crippen LogP contribution is 2.31. The van der Waals surface area contributed by atoms with Crippen LogP contribution in [0, 0.1) is 0 Å². The molecule has 4 rings (SSSR count). The third-order valence-electron chi connectivity index (χ3n) is 4.73. The third-order valence-corrected chi connectivity index (χ3v) is 5.86. The van der Waals surface area contributed by atoms with Crippen molar-refractivity contribution in [2.45, 2.75) is 11.3 Å². The number of carbonyl (C=O) groups is 1. The monoisotopic (exact) mass is 423 g/mol. The summed E-state index contributed by atoms with van der Waals surface area (Å²) in [4.78, 5) is 23.6. The zero-order chi connectivity index (χ0) is 21.1. The van der Waals surface area contributed by atoms with Crippen LogP contribution in [0.3, 0.4) is 0 Å². The highest BCUT2D eigenvalue weighted by molar-refractivity contribution is 7.90. The maximum absolute atomic E-state index is 12.9. The van der Waals surface area contributed by atoms with Gasteiger partial charge in [0.15, 0.2) is 15.7 Å². The van der Waals surface area contributed by atoms with Crippen LogP contribution < -0.4 is 15.5 Å². The first kappa shape index (κ1) is 19.8. The normalized spacial score (nSPS) is 13.7. The van der Waals surface area contributed by atoms with E-state index in [1.54, 1.807) is 53.6 Å². The van der Waals surface area contributed by atoms with Gasteiger partial charge in [-0.2, -0.15) is 0 Å². The molecule has 0 fully saturated rings. The van der Waals surface area contributed by atoms with Gasteiger partial charge in [0.05, 0.1) is 16.3 Å². The Labute approximate surface area is 174 Å². The van der Waals surface area contributed by atoms with E-state index in [0.29, 0.717) is 23.9 Å². The molecule has 1 aliphatic heterocycles. The van der Waals surface area contributed by atoms with Crippen LogP contribution in [0.4, 0.5) is 22.1 Å². The lowest BCUT2D eigenvalue weighted by molar-refractivity contribution is 0.256. The van der Waals surface area contributed by atoms with Gasteiger partial charge < -0.3 is 5.32 Å². The molecule has 0 unspecified atom stereocenters. The summed E-state index contributed by atoms with van der Waals surface area (Å²) in [6.07, 6.45) is 3.56. The van der Waals surface area contributed by atoms with Gasteiger partial charge >= 0.3 is 6.03 Å². The minimum atomic E-state index is -3.27. The Hall–Kier alpha value is -3.46. The van der Waals surface area contributed by atoms with Gasteiger partial charge in [-0.1, -0.05) is 18.2 Å². The second-order valence-corrected chi connectivity index (χ2v) is 8.96. The number of sulfone groups is 1. The first-order valence-electron chi connectivity index (χ1n) is 9.47. The fourth-order valence-corrected chi connectivity index (χ4v) is 3.83. The van der Waals surface area contributed by atoms with Crippen molar-refractivity contribution < 1.29 is 13.2 Å². The number of hydrogen-bond donors (Lipinski definition) is 2. The first-order valence-corrected chi connectivity index (χ1v) is 11.4. The number of fused-ring (bicyclic) bond motifs is 1. The number of amides is 2. The molecule has 3 heterocycles. The molecule has 0 spiro atoms. The van der Waals surface area contributed by atoms with Crippen molar-refractivity contribution in [3.8, 4) is 11.3 Å². The molecule has 154 valence electrons. The van der Waals surface area contributed by atoms with Gasteiger partial charge in [-0.3, -0.25) is 10.2 Å². The van der Waals surface area contributed by atoms with E-state index in [-0.39, 0.29) is 10.9 Å². The summed E-state index contributed by atoms with van der Waals surface area (Å²) in [5, 5.41) is 6.11. The molecule has 2 amide bonds. The fraction of sp³-hybridized carbons (Fsp3) is 0.190. The van der Waals surface area contributed by atoms with Gasteiger partial charge in [0.1, 0.15) is 5.82 Å². The number of anilines is 3. The summed E-state index contributed by atoms with van der Waals surface area (Å²) < 4.78 is 23.4. The summed E-state index contributed by atoms with van der Waals surface area (Å²) in [7, 11) is -3.27. The molecule has 1 aromatic carbocycles. The summed E-state index contributed by atoms with van der Waals surface area (Å²) in [6, 6.07) is 15.3. The van der Waals surface area contributed by atoms with Crippen LogP contribution in [0.5, 0.6) is 0 Å². The summed E-state index contributed by atoms with van der Waals surface area (Å²) >= 11 is 0. The predicted molar refractivity (Wildman–Crippen MR) is 116 cm³/mol. The lowest BCUT2D eigenvalue weighted by Crippen LogP contribution is -2.36. The molecule has 2 N–H and O–H groups in total. The van der Waals surface area contributed by atoms with Gasteiger partial charge in [-0.25, -0.2) is 23.2 Å². The number of benzene rings is 1. The van der Waals surface area contributed by atoms with Gasteiger partial charge in [0.2, 0.25) is 0 Å². The predicted octanol–water partition coefficient (Wildman–Crippen LogP) is 3.40. The van der Waals surface area contributed by atoms with Gasteiger partial charge in [0, 0.05) is 31.1 Å². The molecule has 2 aromatic heterocycles. The van der Waals surface area contributed by atoms with Crippen molar-refractivity contribution in [2.24, 2.45) is 0 Å². The molecule has 1 aliphatic rings. The summed E-state index contributed by atoms with van der Waals surface area (Å²) in [6.45, 7) is 1.23. The number of pyridine rings is 2. The average molecular weight is 423 g/mol. The molecule has 9 heteroatoms. The second kappa shape index (κ2) is 8.11. The van der Waals surface area contributed by atoms with Crippen molar-refractivity contribution in [1.82, 2.24) is 9.97 Å². The summed E-state index contributed by atoms with van der Waals surface area (Å²) in [5.74, 6) is 0.986. The minimum Gasteiger partial charge on any atom is -0.382 e. The van der Waals surface area contributed by atoms with E-state index in [1.165, 1.54) is 6.26 Å². The van der Waals surface area contributed by atoms with Crippen LogP contribution in [0.2, 0.25) is 0 Å². The molecule has 0 radical (unpaired) electrons. The Morgan fingerprint density at radius 2 is 1.90 bits per heavy atom. The Kier molecular flexibility index (Phi) is 5.37. The Morgan fingerprint density at radius 3 is 2.60 bits per heavy atom. The van der Waals surface area contributed by atoms with Crippen molar-refractivity contribution in [3.05, 3.63) is 60.8 Å². The zero-order valence-corrected chi connectivity index (χ0v) is 17.2. The molecule has 3 aromatic rings. The lowest BCUT2D eigenvalue weighted by atomic mass is 10.1. The molecule has 30 heavy (non-hydrogen) atoms. The maximum Gasteiger partial charge on any atom is 0.328 e. The van der Waals surface area contributed by atoms with Crippen molar-refractivity contribution in [2.75, 3.05) is 34.9 Å². The zero-order valence-electron chi connectivity index (χ0n) is 16.4. The molecule has 0 bridgehead atoms. The van der Waals surface area contributed by atoms with E-state index < -0.39 is 9.84 Å². The van der Waals surface area contributed by atoms with E-state index in [4.69, 9.17) is 4.98 Å². The maximum atomic E-state index is 12.9. The highest BCUT2D eigenvalue weighted by Gasteiger charge is 2.23. The van der Waals surface area contributed by atoms with E-state index in [1.807, 2.05) is 12.1 Å². The van der Waals surface area contributed by atoms with Crippen LogP contribution >= 0.6 is 0 Å². The number of hydrogen-bond acceptors (Lipinski definition) is 6. The number of rotatable bonds is 3. The number of nitrogens with zero attached hydrogens (tertiary/aromatic N) is 3. The number of carbonyl (C=O) groups excluding carboxylic acids is 1. The average Bonchev–Trinajstić information content (AvgIpc) is 2.96. The topological polar surface area (TPSA) is 104 Å². The number of nitrogens with one attached hydrogen (secondary N) is 2. The standard InChI is InChI=1S/C21H21N5O3S/c1-30(28,29)16-8-6-15(7-9-16)17-10-11-18-20(24-17)26(14-4-13-22-18)21(27)25-19-5-2-3-12-23-19/h2-3,5-12,22H,4,13-14H2,1H3,(H,23,25,27). The van der Waals surface area contributed by atoms with Crippen molar-refractivity contribution in [3.63, 3.8) is 0 Å². The van der Waals surface area contributed by atoms with Gasteiger partial charge in [0.25, 0.3) is 0 Å². The molecular weight excluding hydrogens is 402 g/mol. The highest BCUT2D eigenvalue weighted by atomic mass is 32.2. The molecule has 8 nitrogen and oxygen atoms in total. The second-order valence-electron chi connectivity index (χ2n) is 6.94. The Balaban J connectivity index is 1.67. The molecular formula is C21H21N5O3S. The first-order chi connectivity index (χ1) is 14.4. The van der Waals surface area contributed by atoms with Crippen molar-refractivity contribution in [1.29, 1.82) is 0 Å². The Morgan fingerprint density at radius 1 is 1.10 bits per heavy atom. The lowest BCUT2D eigenvalue weighted by Gasteiger charge is -2.22. The van der Waals surface area contributed by atoms with Crippen LogP contribution in [-0.4, -0.2) is 43.8 Å². The number of aromatic nitrogens is 2. The van der Waals surface area contributed by atoms with E-state index in [2.05, 4.69) is 15.6 Å². The largest absolute Gasteiger partial charge is 0.382 e. The SMILES string of the molecule is CS(=O)(=O)c1ccc(-c2ccc3c(n2)N(C(=O)Nc2ccccn2)CCCN3)cc1. The molecule has 0 atom stereocenters. The minimum absolute atomic E-state index is 0.249. The van der Waals surface area contributed by atoms with Crippen molar-refractivity contribution >= 4 is 33.2 Å². The van der Waals surface area contributed by atoms with Crippen LogP contribution in [0.25, 0.3) is 11.3 Å². The fourth-order valence-electron chi connectivity index (χ4n) is 3.20. The molecule has 0 aliphatic carbocycles.